The minimum Gasteiger partial charge on any atom is -0.507 e. The summed E-state index contributed by atoms with van der Waals surface area (Å²) in [7, 11) is 5.28. The lowest BCUT2D eigenvalue weighted by atomic mass is 9.78. The van der Waals surface area contributed by atoms with Crippen molar-refractivity contribution in [3.63, 3.8) is 0 Å². The van der Waals surface area contributed by atoms with Gasteiger partial charge in [-0.15, -0.1) is 0 Å². The molecule has 17 nitrogen and oxygen atoms in total. The average molecular weight is 915 g/mol. The number of rotatable bonds is 6. The van der Waals surface area contributed by atoms with Gasteiger partial charge in [0.25, 0.3) is 11.7 Å². The third kappa shape index (κ3) is 9.75. The van der Waals surface area contributed by atoms with E-state index in [1.165, 1.54) is 46.3 Å². The predicted octanol–water partition coefficient (Wildman–Crippen LogP) is 4.72. The van der Waals surface area contributed by atoms with E-state index >= 15 is 0 Å². The van der Waals surface area contributed by atoms with Crippen molar-refractivity contribution in [1.82, 2.24) is 15.5 Å². The number of allylic oxidation sites excluding steroid dienone is 4. The molecule has 356 valence electrons. The summed E-state index contributed by atoms with van der Waals surface area (Å²) in [5.41, 5.74) is 0.284. The summed E-state index contributed by atoms with van der Waals surface area (Å²) in [5, 5.41) is 40.4. The number of methoxy groups -OCH3 is 1. The van der Waals surface area contributed by atoms with E-state index in [4.69, 9.17) is 23.7 Å². The van der Waals surface area contributed by atoms with Crippen LogP contribution in [0.3, 0.4) is 0 Å². The highest BCUT2D eigenvalue weighted by Gasteiger charge is 2.53. The van der Waals surface area contributed by atoms with Crippen LogP contribution in [0, 0.1) is 30.6 Å². The summed E-state index contributed by atoms with van der Waals surface area (Å²) < 4.78 is 29.6. The van der Waals surface area contributed by atoms with Crippen LogP contribution in [0.4, 0.5) is 10.5 Å². The highest BCUT2D eigenvalue weighted by atomic mass is 16.7. The summed E-state index contributed by atoms with van der Waals surface area (Å²) in [6.45, 7) is 12.1. The number of ether oxygens (including phenoxy) is 5. The molecular weight excluding hydrogens is 853 g/mol. The highest BCUT2D eigenvalue weighted by molar-refractivity contribution is 6.32. The second-order valence-electron chi connectivity index (χ2n) is 17.8. The molecule has 0 saturated carbocycles. The Morgan fingerprint density at radius 1 is 0.924 bits per heavy atom. The smallest absolute Gasteiger partial charge is 0.407 e. The first-order chi connectivity index (χ1) is 31.2. The number of aromatic hydroxyl groups is 1. The minimum atomic E-state index is -2.11. The molecule has 2 aromatic rings. The zero-order valence-electron chi connectivity index (χ0n) is 39.2. The van der Waals surface area contributed by atoms with Crippen molar-refractivity contribution in [3.8, 4) is 11.5 Å². The van der Waals surface area contributed by atoms with Crippen LogP contribution in [0.15, 0.2) is 71.8 Å². The second-order valence-corrected chi connectivity index (χ2v) is 17.8. The molecule has 0 unspecified atom stereocenters. The van der Waals surface area contributed by atoms with E-state index in [-0.39, 0.29) is 72.3 Å². The molecule has 66 heavy (non-hydrogen) atoms. The molecule has 9 atom stereocenters. The molecule has 2 aromatic carbocycles. The van der Waals surface area contributed by atoms with E-state index in [1.54, 1.807) is 44.7 Å². The number of carbonyl (C=O) groups excluding carboxylic acids is 5. The van der Waals surface area contributed by atoms with E-state index in [1.807, 2.05) is 43.3 Å². The zero-order chi connectivity index (χ0) is 48.4. The van der Waals surface area contributed by atoms with Crippen molar-refractivity contribution in [2.45, 2.75) is 85.2 Å². The molecule has 0 aromatic heterocycles. The lowest BCUT2D eigenvalue weighted by Crippen LogP contribution is -2.47. The zero-order valence-corrected chi connectivity index (χ0v) is 39.2. The summed E-state index contributed by atoms with van der Waals surface area (Å²) in [4.78, 5) is 74.7. The number of phenolic OH excluding ortho intramolecular Hbond substituents is 1. The van der Waals surface area contributed by atoms with Crippen LogP contribution >= 0.6 is 0 Å². The molecule has 4 aliphatic heterocycles. The number of carbonyl (C=O) groups is 5. The fourth-order valence-corrected chi connectivity index (χ4v) is 8.82. The molecule has 1 fully saturated rings. The number of amides is 2. The maximum atomic E-state index is 14.8. The number of benzene rings is 2. The third-order valence-corrected chi connectivity index (χ3v) is 13.1. The molecule has 1 aliphatic carbocycles. The number of ketones is 3. The summed E-state index contributed by atoms with van der Waals surface area (Å²) in [5.74, 6) is -8.85. The molecule has 1 saturated heterocycles. The average Bonchev–Trinajstić information content (AvgIpc) is 3.56. The van der Waals surface area contributed by atoms with E-state index in [2.05, 4.69) is 10.6 Å². The molecule has 5 bridgehead atoms. The number of aliphatic hydroxyl groups is 2. The molecule has 7 rings (SSSR count). The van der Waals surface area contributed by atoms with E-state index in [0.29, 0.717) is 0 Å². The number of anilines is 1. The number of Topliss-reactive ketones (excluding diaryl/α,β-unsaturated/α-hetero) is 3. The number of nitrogens with one attached hydrogen (secondary N) is 2. The Labute approximate surface area is 385 Å². The lowest BCUT2D eigenvalue weighted by Gasteiger charge is -2.38. The van der Waals surface area contributed by atoms with E-state index in [9.17, 15) is 39.3 Å². The molecule has 0 radical (unpaired) electrons. The van der Waals surface area contributed by atoms with Gasteiger partial charge in [0.05, 0.1) is 54.5 Å². The molecular formula is C49H62N4O13. The van der Waals surface area contributed by atoms with Gasteiger partial charge in [-0.1, -0.05) is 58.1 Å². The van der Waals surface area contributed by atoms with Crippen LogP contribution in [-0.4, -0.2) is 127 Å². The van der Waals surface area contributed by atoms with Gasteiger partial charge in [-0.05, 0) is 37.6 Å². The summed E-state index contributed by atoms with van der Waals surface area (Å²) in [6.07, 6.45) is 2.40. The van der Waals surface area contributed by atoms with Crippen molar-refractivity contribution >= 4 is 35.0 Å². The van der Waals surface area contributed by atoms with Gasteiger partial charge >= 0.3 is 11.9 Å². The van der Waals surface area contributed by atoms with Crippen molar-refractivity contribution in [3.05, 3.63) is 99.6 Å². The maximum absolute atomic E-state index is 14.8. The van der Waals surface area contributed by atoms with Crippen molar-refractivity contribution in [2.75, 3.05) is 52.4 Å². The standard InChI is InChI=1S/C49H62N4O13/c1-25-12-11-13-26(2)47(60)51-37-38(53-19-22-63-23-20-53)43(58)34-35(42(37)57)41(56)30(6)45-36(34)46(59)49(7,66-45)64-21-18-33(62-10)27(3)44(29(5)40(55)28(4)39(25)54)65-48(61)50-24-31-14-16-32(17-15-31)52(8)9/h11-18,21,25,27-29,33,39-40,44,54-56H,19-20,22-24H2,1-10H3,(H,50,61)(H,51,60)/t25-,27+,28+,29+,33-,39-,40+,44+,49-/m0/s1. The fourth-order valence-electron chi connectivity index (χ4n) is 8.82. The van der Waals surface area contributed by atoms with Gasteiger partial charge in [-0.3, -0.25) is 19.2 Å². The van der Waals surface area contributed by atoms with Crippen LogP contribution in [0.1, 0.15) is 83.7 Å². The van der Waals surface area contributed by atoms with Crippen LogP contribution in [-0.2, 0) is 30.3 Å². The largest absolute Gasteiger partial charge is 0.507 e. The Hall–Kier alpha value is -6.01. The van der Waals surface area contributed by atoms with Crippen molar-refractivity contribution in [2.24, 2.45) is 23.7 Å². The minimum absolute atomic E-state index is 0.00731. The Morgan fingerprint density at radius 3 is 2.23 bits per heavy atom. The van der Waals surface area contributed by atoms with Gasteiger partial charge in [-0.2, -0.15) is 0 Å². The number of nitrogens with zero attached hydrogens (tertiary/aromatic N) is 2. The normalized spacial score (nSPS) is 28.7. The Morgan fingerprint density at radius 2 is 1.59 bits per heavy atom. The second kappa shape index (κ2) is 20.2. The highest BCUT2D eigenvalue weighted by Crippen LogP contribution is 2.49. The first-order valence-electron chi connectivity index (χ1n) is 22.1. The van der Waals surface area contributed by atoms with Gasteiger partial charge in [0.2, 0.25) is 11.6 Å². The van der Waals surface area contributed by atoms with Gasteiger partial charge in [0.15, 0.2) is 0 Å². The maximum Gasteiger partial charge on any atom is 0.407 e. The monoisotopic (exact) mass is 914 g/mol. The van der Waals surface area contributed by atoms with E-state index < -0.39 is 94.5 Å². The van der Waals surface area contributed by atoms with Gasteiger partial charge in [-0.25, -0.2) is 4.79 Å². The van der Waals surface area contributed by atoms with Crippen molar-refractivity contribution < 1.29 is 63.0 Å². The summed E-state index contributed by atoms with van der Waals surface area (Å²) in [6, 6.07) is 7.62. The molecule has 4 heterocycles. The van der Waals surface area contributed by atoms with Crippen LogP contribution in [0.25, 0.3) is 0 Å². The molecule has 5 N–H and O–H groups in total. The third-order valence-electron chi connectivity index (χ3n) is 13.1. The quantitative estimate of drug-likeness (QED) is 0.265. The number of phenols is 1. The predicted molar refractivity (Wildman–Crippen MR) is 243 cm³/mol. The van der Waals surface area contributed by atoms with Crippen LogP contribution in [0.2, 0.25) is 0 Å². The van der Waals surface area contributed by atoms with Crippen LogP contribution < -0.4 is 20.3 Å². The van der Waals surface area contributed by atoms with Gasteiger partial charge in [0.1, 0.15) is 29.0 Å². The first-order valence-corrected chi connectivity index (χ1v) is 22.1. The first kappa shape index (κ1) is 49.4. The number of aliphatic hydroxyl groups excluding tert-OH is 2. The Kier molecular flexibility index (Phi) is 15.2. The number of fused-ring (bicyclic) bond motifs is 14. The van der Waals surface area contributed by atoms with Gasteiger partial charge in [0, 0.05) is 88.3 Å². The van der Waals surface area contributed by atoms with Crippen LogP contribution in [0.5, 0.6) is 11.5 Å². The molecule has 5 aliphatic rings. The number of hydrogen-bond donors (Lipinski definition) is 5. The SMILES string of the molecule is CO[C@H]1C=CO[C@@]2(C)Oc3c(C)c(O)c4c(c3C2=O)C(=O)C(N2CCOCC2)=C(NC(=O)C(C)=CC=C[C@H](C)[C@H](O)[C@@H](C)[C@@H](O)[C@@H](C)[C@H](OC(=O)NCc2ccc(N(C)C)cc2)[C@@H]1C)C4=O. The van der Waals surface area contributed by atoms with E-state index in [0.717, 1.165) is 11.3 Å². The number of hydrogen-bond acceptors (Lipinski definition) is 15. The number of alkyl carbamates (subject to hydrolysis) is 1. The molecule has 0 spiro atoms. The molecule has 2 amide bonds. The fraction of sp³-hybridized carbons (Fsp3) is 0.490. The Bertz CT molecular complexity index is 2350. The molecule has 17 heteroatoms. The number of morpholine rings is 1. The Balaban J connectivity index is 1.40. The van der Waals surface area contributed by atoms with Gasteiger partial charge < -0.3 is 59.4 Å². The lowest BCUT2D eigenvalue weighted by molar-refractivity contribution is -0.116. The topological polar surface area (TPSA) is 223 Å². The van der Waals surface area contributed by atoms with Crippen molar-refractivity contribution in [1.29, 1.82) is 0 Å². The summed E-state index contributed by atoms with van der Waals surface area (Å²) >= 11 is 0.